The van der Waals surface area contributed by atoms with E-state index in [1.165, 1.54) is 0 Å². The number of halogens is 1. The van der Waals surface area contributed by atoms with E-state index in [0.717, 1.165) is 15.7 Å². The third-order valence-electron chi connectivity index (χ3n) is 2.64. The van der Waals surface area contributed by atoms with Gasteiger partial charge < -0.3 is 11.1 Å². The predicted molar refractivity (Wildman–Crippen MR) is 96.1 cm³/mol. The fraction of sp³-hybridized carbons (Fsp3) is 0. The third kappa shape index (κ3) is 4.64. The molecule has 0 heterocycles. The summed E-state index contributed by atoms with van der Waals surface area (Å²) in [4.78, 5) is 11.3. The maximum atomic E-state index is 10.9. The van der Waals surface area contributed by atoms with Crippen molar-refractivity contribution in [3.8, 4) is 0 Å². The van der Waals surface area contributed by atoms with Gasteiger partial charge in [0.15, 0.2) is 0 Å². The smallest absolute Gasteiger partial charge is 0.332 e. The van der Waals surface area contributed by atoms with E-state index in [-0.39, 0.29) is 0 Å². The molecule has 22 heavy (non-hydrogen) atoms. The Bertz CT molecular complexity index is 701. The van der Waals surface area contributed by atoms with Gasteiger partial charge in [0.2, 0.25) is 0 Å². The number of benzene rings is 2. The minimum Gasteiger partial charge on any atom is -0.350 e. The van der Waals surface area contributed by atoms with Crippen LogP contribution in [-0.4, -0.2) is 16.7 Å². The van der Waals surface area contributed by atoms with Crippen molar-refractivity contribution in [2.24, 2.45) is 10.8 Å². The Balaban J connectivity index is 2.24. The third-order valence-corrected chi connectivity index (χ3v) is 3.47. The van der Waals surface area contributed by atoms with Crippen LogP contribution in [-0.2, 0) is 0 Å². The summed E-state index contributed by atoms with van der Waals surface area (Å²) >= 11 is 8.75. The van der Waals surface area contributed by atoms with Gasteiger partial charge >= 0.3 is 6.03 Å². The van der Waals surface area contributed by atoms with Gasteiger partial charge in [-0.3, -0.25) is 0 Å². The van der Waals surface area contributed by atoms with Gasteiger partial charge in [-0.15, -0.1) is 0 Å². The quantitative estimate of drug-likeness (QED) is 0.435. The van der Waals surface area contributed by atoms with Gasteiger partial charge in [0.05, 0.1) is 0 Å². The molecule has 0 atom stereocenters. The van der Waals surface area contributed by atoms with E-state index in [4.69, 9.17) is 18.0 Å². The second kappa shape index (κ2) is 7.67. The van der Waals surface area contributed by atoms with Gasteiger partial charge in [0.1, 0.15) is 10.7 Å². The van der Waals surface area contributed by atoms with Crippen LogP contribution in [0, 0.1) is 0 Å². The summed E-state index contributed by atoms with van der Waals surface area (Å²) in [5.74, 6) is 0. The number of primary amides is 1. The molecule has 0 aliphatic rings. The lowest BCUT2D eigenvalue weighted by molar-refractivity contribution is 0.249. The summed E-state index contributed by atoms with van der Waals surface area (Å²) in [5, 5.41) is 7.07. The highest BCUT2D eigenvalue weighted by Gasteiger charge is 2.11. The lowest BCUT2D eigenvalue weighted by Crippen LogP contribution is -2.30. The predicted octanol–water partition coefficient (Wildman–Crippen LogP) is 3.26. The standard InChI is InChI=1S/C15H13BrN4OS/c16-11-6-8-12(9-7-11)18-14(22)13(19-20-15(17)21)10-4-2-1-3-5-10/h1-9H,(H,18,22)(H3,17,20,21). The lowest BCUT2D eigenvalue weighted by Gasteiger charge is -2.11. The molecule has 0 bridgehead atoms. The highest BCUT2D eigenvalue weighted by atomic mass is 79.9. The summed E-state index contributed by atoms with van der Waals surface area (Å²) in [6, 6.07) is 16.1. The SMILES string of the molecule is NC(=O)NN=C(C(=S)Nc1ccc(Br)cc1)c1ccccc1. The summed E-state index contributed by atoms with van der Waals surface area (Å²) in [7, 11) is 0. The second-order valence-corrected chi connectivity index (χ2v) is 5.59. The molecule has 7 heteroatoms. The second-order valence-electron chi connectivity index (χ2n) is 4.26. The van der Waals surface area contributed by atoms with E-state index >= 15 is 0 Å². The average molecular weight is 377 g/mol. The number of anilines is 1. The van der Waals surface area contributed by atoms with Crippen molar-refractivity contribution in [1.82, 2.24) is 5.43 Å². The minimum atomic E-state index is -0.750. The summed E-state index contributed by atoms with van der Waals surface area (Å²) in [6.07, 6.45) is 0. The van der Waals surface area contributed by atoms with E-state index < -0.39 is 6.03 Å². The van der Waals surface area contributed by atoms with Crippen LogP contribution in [0.25, 0.3) is 0 Å². The molecule has 0 aromatic heterocycles. The molecule has 2 aromatic carbocycles. The Morgan fingerprint density at radius 1 is 1.09 bits per heavy atom. The molecule has 112 valence electrons. The zero-order valence-corrected chi connectivity index (χ0v) is 13.8. The number of nitrogens with zero attached hydrogens (tertiary/aromatic N) is 1. The molecule has 2 amide bonds. The topological polar surface area (TPSA) is 79.5 Å². The zero-order chi connectivity index (χ0) is 15.9. The molecule has 0 radical (unpaired) electrons. The van der Waals surface area contributed by atoms with Crippen molar-refractivity contribution in [3.05, 3.63) is 64.6 Å². The summed E-state index contributed by atoms with van der Waals surface area (Å²) < 4.78 is 0.969. The van der Waals surface area contributed by atoms with Gasteiger partial charge in [-0.2, -0.15) is 5.10 Å². The number of thiocarbonyl (C=S) groups is 1. The normalized spacial score (nSPS) is 10.9. The number of carbonyl (C=O) groups excluding carboxylic acids is 1. The molecule has 0 unspecified atom stereocenters. The highest BCUT2D eigenvalue weighted by molar-refractivity contribution is 9.10. The average Bonchev–Trinajstić information content (AvgIpc) is 2.50. The van der Waals surface area contributed by atoms with Gasteiger partial charge in [0, 0.05) is 15.7 Å². The van der Waals surface area contributed by atoms with Crippen molar-refractivity contribution in [1.29, 1.82) is 0 Å². The van der Waals surface area contributed by atoms with E-state index in [1.807, 2.05) is 54.6 Å². The van der Waals surface area contributed by atoms with Crippen molar-refractivity contribution in [3.63, 3.8) is 0 Å². The van der Waals surface area contributed by atoms with Crippen LogP contribution in [0.2, 0.25) is 0 Å². The zero-order valence-electron chi connectivity index (χ0n) is 11.4. The van der Waals surface area contributed by atoms with E-state index in [2.05, 4.69) is 31.8 Å². The Labute approximate surface area is 141 Å². The van der Waals surface area contributed by atoms with E-state index in [0.29, 0.717) is 10.7 Å². The number of urea groups is 1. The van der Waals surface area contributed by atoms with Crippen molar-refractivity contribution in [2.75, 3.05) is 5.32 Å². The molecule has 2 rings (SSSR count). The summed E-state index contributed by atoms with van der Waals surface area (Å²) in [5.41, 5.74) is 9.29. The number of amides is 2. The molecule has 0 saturated carbocycles. The molecule has 0 aliphatic carbocycles. The molecule has 0 fully saturated rings. The molecule has 2 aromatic rings. The Morgan fingerprint density at radius 3 is 2.32 bits per heavy atom. The van der Waals surface area contributed by atoms with Gasteiger partial charge in [-0.1, -0.05) is 58.5 Å². The maximum absolute atomic E-state index is 10.9. The van der Waals surface area contributed by atoms with E-state index in [1.54, 1.807) is 0 Å². The molecule has 0 aliphatic heterocycles. The fourth-order valence-corrected chi connectivity index (χ4v) is 2.22. The minimum absolute atomic E-state index is 0.377. The Morgan fingerprint density at radius 2 is 1.73 bits per heavy atom. The number of hydrogen-bond donors (Lipinski definition) is 3. The van der Waals surface area contributed by atoms with Crippen LogP contribution < -0.4 is 16.5 Å². The molecular formula is C15H13BrN4OS. The van der Waals surface area contributed by atoms with Gasteiger partial charge in [-0.05, 0) is 24.3 Å². The van der Waals surface area contributed by atoms with Gasteiger partial charge in [0.25, 0.3) is 0 Å². The first kappa shape index (κ1) is 16.1. The van der Waals surface area contributed by atoms with Crippen molar-refractivity contribution in [2.45, 2.75) is 0 Å². The van der Waals surface area contributed by atoms with Crippen LogP contribution in [0.4, 0.5) is 10.5 Å². The maximum Gasteiger partial charge on any atom is 0.332 e. The van der Waals surface area contributed by atoms with Gasteiger partial charge in [-0.25, -0.2) is 10.2 Å². The highest BCUT2D eigenvalue weighted by Crippen LogP contribution is 2.15. The van der Waals surface area contributed by atoms with Crippen LogP contribution >= 0.6 is 28.1 Å². The lowest BCUT2D eigenvalue weighted by atomic mass is 10.1. The number of carbonyl (C=O) groups is 1. The number of hydrazone groups is 1. The Hall–Kier alpha value is -2.25. The molecule has 5 nitrogen and oxygen atoms in total. The molecule has 4 N–H and O–H groups in total. The first-order valence-corrected chi connectivity index (χ1v) is 7.52. The molecular weight excluding hydrogens is 364 g/mol. The number of hydrogen-bond acceptors (Lipinski definition) is 3. The van der Waals surface area contributed by atoms with Crippen LogP contribution in [0.5, 0.6) is 0 Å². The fourth-order valence-electron chi connectivity index (χ4n) is 1.68. The number of nitrogens with two attached hydrogens (primary N) is 1. The largest absolute Gasteiger partial charge is 0.350 e. The summed E-state index contributed by atoms with van der Waals surface area (Å²) in [6.45, 7) is 0. The monoisotopic (exact) mass is 376 g/mol. The first-order valence-electron chi connectivity index (χ1n) is 6.32. The van der Waals surface area contributed by atoms with Crippen molar-refractivity contribution >= 4 is 50.6 Å². The Kier molecular flexibility index (Phi) is 5.62. The molecule has 0 spiro atoms. The van der Waals surface area contributed by atoms with Crippen LogP contribution in [0.15, 0.2) is 64.2 Å². The van der Waals surface area contributed by atoms with Crippen molar-refractivity contribution < 1.29 is 4.79 Å². The molecule has 0 saturated heterocycles. The number of rotatable bonds is 4. The van der Waals surface area contributed by atoms with Crippen LogP contribution in [0.3, 0.4) is 0 Å². The van der Waals surface area contributed by atoms with Crippen LogP contribution in [0.1, 0.15) is 5.56 Å². The van der Waals surface area contributed by atoms with E-state index in [9.17, 15) is 4.79 Å². The first-order chi connectivity index (χ1) is 10.6. The number of nitrogens with one attached hydrogen (secondary N) is 2.